The number of nitrogens with zero attached hydrogens (tertiary/aromatic N) is 1. The first-order valence-corrected chi connectivity index (χ1v) is 5.32. The Kier molecular flexibility index (Phi) is 4.61. The molecule has 0 unspecified atom stereocenters. The Bertz CT molecular complexity index is 415. The number of ether oxygens (including phenoxy) is 1. The van der Waals surface area contributed by atoms with Gasteiger partial charge >= 0.3 is 5.97 Å². The van der Waals surface area contributed by atoms with E-state index < -0.39 is 18.1 Å². The van der Waals surface area contributed by atoms with Gasteiger partial charge in [0.05, 0.1) is 18.6 Å². The largest absolute Gasteiger partial charge is 0.469 e. The number of hydrogen-bond acceptors (Lipinski definition) is 3. The third-order valence-electron chi connectivity index (χ3n) is 1.80. The lowest BCUT2D eigenvalue weighted by Crippen LogP contribution is -2.07. The molecule has 0 saturated carbocycles. The number of hydrogen-bond donors (Lipinski definition) is 0. The Morgan fingerprint density at radius 3 is 2.81 bits per heavy atom. The molecule has 0 spiro atoms. The van der Waals surface area contributed by atoms with Crippen molar-refractivity contribution in [1.29, 1.82) is 0 Å². The third kappa shape index (κ3) is 3.12. The summed E-state index contributed by atoms with van der Waals surface area (Å²) >= 11 is 8.60. The summed E-state index contributed by atoms with van der Waals surface area (Å²) in [5.41, 5.74) is -0.108. The van der Waals surface area contributed by atoms with E-state index in [9.17, 15) is 13.6 Å². The van der Waals surface area contributed by atoms with Gasteiger partial charge in [0, 0.05) is 0 Å². The second-order valence-corrected chi connectivity index (χ2v) is 4.02. The minimum atomic E-state index is -2.75. The molecule has 0 aliphatic rings. The Morgan fingerprint density at radius 1 is 1.69 bits per heavy atom. The van der Waals surface area contributed by atoms with Gasteiger partial charge in [0.1, 0.15) is 10.3 Å². The molecule has 1 rings (SSSR count). The first-order chi connectivity index (χ1) is 7.45. The smallest absolute Gasteiger partial charge is 0.310 e. The highest BCUT2D eigenvalue weighted by molar-refractivity contribution is 9.10. The van der Waals surface area contributed by atoms with Crippen molar-refractivity contribution in [2.45, 2.75) is 12.8 Å². The molecule has 0 aliphatic carbocycles. The second-order valence-electron chi connectivity index (χ2n) is 2.86. The van der Waals surface area contributed by atoms with Crippen LogP contribution in [0.1, 0.15) is 17.7 Å². The lowest BCUT2D eigenvalue weighted by molar-refractivity contribution is -0.139. The molecule has 7 heteroatoms. The average molecular weight is 315 g/mol. The zero-order valence-electron chi connectivity index (χ0n) is 8.14. The molecular formula is C9H7BrClF2NO2. The van der Waals surface area contributed by atoms with Gasteiger partial charge in [-0.05, 0) is 27.6 Å². The minimum absolute atomic E-state index is 0.0761. The summed E-state index contributed by atoms with van der Waals surface area (Å²) in [7, 11) is 1.23. The van der Waals surface area contributed by atoms with E-state index in [1.54, 1.807) is 0 Å². The van der Waals surface area contributed by atoms with Crippen molar-refractivity contribution in [1.82, 2.24) is 4.98 Å². The second kappa shape index (κ2) is 5.54. The van der Waals surface area contributed by atoms with Crippen molar-refractivity contribution >= 4 is 33.5 Å². The summed E-state index contributed by atoms with van der Waals surface area (Å²) in [5.74, 6) is -0.497. The van der Waals surface area contributed by atoms with E-state index >= 15 is 0 Å². The Hall–Kier alpha value is -0.750. The summed E-state index contributed by atoms with van der Waals surface area (Å²) in [6.07, 6.45) is -2.83. The standard InChI is InChI=1S/C9H7BrClF2NO2/c1-16-6(15)3-4-2-5(11)7(9(12)13)14-8(4)10/h2,9H,3H2,1H3. The maximum atomic E-state index is 12.4. The van der Waals surface area contributed by atoms with Crippen LogP contribution in [-0.4, -0.2) is 18.1 Å². The van der Waals surface area contributed by atoms with Gasteiger partial charge in [0.25, 0.3) is 6.43 Å². The predicted octanol–water partition coefficient (Wildman–Crippen LogP) is 3.15. The van der Waals surface area contributed by atoms with Crippen molar-refractivity contribution in [3.05, 3.63) is 26.9 Å². The topological polar surface area (TPSA) is 39.2 Å². The number of alkyl halides is 2. The number of esters is 1. The lowest BCUT2D eigenvalue weighted by Gasteiger charge is -2.07. The van der Waals surface area contributed by atoms with E-state index in [0.29, 0.717) is 5.56 Å². The minimum Gasteiger partial charge on any atom is -0.469 e. The van der Waals surface area contributed by atoms with Crippen LogP contribution >= 0.6 is 27.5 Å². The van der Waals surface area contributed by atoms with Crippen molar-refractivity contribution in [2.75, 3.05) is 7.11 Å². The molecule has 0 amide bonds. The van der Waals surface area contributed by atoms with Crippen molar-refractivity contribution in [3.8, 4) is 0 Å². The molecule has 1 aromatic heterocycles. The van der Waals surface area contributed by atoms with E-state index in [0.717, 1.165) is 0 Å². The number of carbonyl (C=O) groups is 1. The van der Waals surface area contributed by atoms with Gasteiger partial charge in [0.2, 0.25) is 0 Å². The quantitative estimate of drug-likeness (QED) is 0.635. The van der Waals surface area contributed by atoms with Crippen molar-refractivity contribution in [3.63, 3.8) is 0 Å². The number of aromatic nitrogens is 1. The van der Waals surface area contributed by atoms with E-state index in [1.807, 2.05) is 0 Å². The Balaban J connectivity index is 3.05. The highest BCUT2D eigenvalue weighted by Gasteiger charge is 2.18. The molecule has 1 heterocycles. The van der Waals surface area contributed by atoms with Gasteiger partial charge in [-0.25, -0.2) is 13.8 Å². The fraction of sp³-hybridized carbons (Fsp3) is 0.333. The molecule has 16 heavy (non-hydrogen) atoms. The maximum Gasteiger partial charge on any atom is 0.310 e. The van der Waals surface area contributed by atoms with Crippen LogP contribution in [0.15, 0.2) is 10.7 Å². The average Bonchev–Trinajstić information content (AvgIpc) is 2.22. The first kappa shape index (κ1) is 13.3. The monoisotopic (exact) mass is 313 g/mol. The Labute approximate surface area is 104 Å². The van der Waals surface area contributed by atoms with Crippen LogP contribution in [0.5, 0.6) is 0 Å². The number of halogens is 4. The van der Waals surface area contributed by atoms with Crippen LogP contribution in [0.25, 0.3) is 0 Å². The number of methoxy groups -OCH3 is 1. The summed E-state index contributed by atoms with van der Waals surface area (Å²) < 4.78 is 29.4. The van der Waals surface area contributed by atoms with E-state index in [-0.39, 0.29) is 16.0 Å². The molecule has 0 saturated heterocycles. The van der Waals surface area contributed by atoms with Gasteiger partial charge in [-0.1, -0.05) is 11.6 Å². The van der Waals surface area contributed by atoms with Gasteiger partial charge < -0.3 is 4.74 Å². The highest BCUT2D eigenvalue weighted by atomic mass is 79.9. The van der Waals surface area contributed by atoms with Gasteiger partial charge in [-0.15, -0.1) is 0 Å². The first-order valence-electron chi connectivity index (χ1n) is 4.15. The molecule has 0 radical (unpaired) electrons. The molecule has 0 N–H and O–H groups in total. The molecule has 0 fully saturated rings. The summed E-state index contributed by atoms with van der Waals surface area (Å²) in [6, 6.07) is 1.27. The molecule has 0 atom stereocenters. The van der Waals surface area contributed by atoms with Gasteiger partial charge in [0.15, 0.2) is 0 Å². The number of carbonyl (C=O) groups excluding carboxylic acids is 1. The van der Waals surface area contributed by atoms with Crippen molar-refractivity contribution < 1.29 is 18.3 Å². The fourth-order valence-corrected chi connectivity index (χ4v) is 1.72. The normalized spacial score (nSPS) is 10.6. The summed E-state index contributed by atoms with van der Waals surface area (Å²) in [6.45, 7) is 0. The molecule has 3 nitrogen and oxygen atoms in total. The van der Waals surface area contributed by atoms with Crippen LogP contribution in [0, 0.1) is 0 Å². The van der Waals surface area contributed by atoms with E-state index in [4.69, 9.17) is 11.6 Å². The Morgan fingerprint density at radius 2 is 2.31 bits per heavy atom. The number of rotatable bonds is 3. The van der Waals surface area contributed by atoms with Crippen LogP contribution in [0.4, 0.5) is 8.78 Å². The molecular weight excluding hydrogens is 307 g/mol. The molecule has 0 aromatic carbocycles. The third-order valence-corrected chi connectivity index (χ3v) is 2.79. The summed E-state index contributed by atoms with van der Waals surface area (Å²) in [5, 5.41) is -0.169. The molecule has 0 bridgehead atoms. The van der Waals surface area contributed by atoms with Gasteiger partial charge in [-0.2, -0.15) is 0 Å². The predicted molar refractivity (Wildman–Crippen MR) is 57.6 cm³/mol. The van der Waals surface area contributed by atoms with Crippen LogP contribution < -0.4 is 0 Å². The lowest BCUT2D eigenvalue weighted by atomic mass is 10.2. The van der Waals surface area contributed by atoms with E-state index in [1.165, 1.54) is 13.2 Å². The van der Waals surface area contributed by atoms with Crippen LogP contribution in [0.3, 0.4) is 0 Å². The fourth-order valence-electron chi connectivity index (χ4n) is 1.02. The zero-order valence-corrected chi connectivity index (χ0v) is 10.5. The SMILES string of the molecule is COC(=O)Cc1cc(Cl)c(C(F)F)nc1Br. The molecule has 1 aromatic rings. The number of pyridine rings is 1. The summed E-state index contributed by atoms with van der Waals surface area (Å²) in [4.78, 5) is 14.6. The van der Waals surface area contributed by atoms with Crippen LogP contribution in [0.2, 0.25) is 5.02 Å². The van der Waals surface area contributed by atoms with Crippen molar-refractivity contribution in [2.24, 2.45) is 0 Å². The van der Waals surface area contributed by atoms with E-state index in [2.05, 4.69) is 25.7 Å². The highest BCUT2D eigenvalue weighted by Crippen LogP contribution is 2.29. The zero-order chi connectivity index (χ0) is 12.3. The molecule has 0 aliphatic heterocycles. The maximum absolute atomic E-state index is 12.4. The van der Waals surface area contributed by atoms with Crippen LogP contribution in [-0.2, 0) is 16.0 Å². The van der Waals surface area contributed by atoms with Gasteiger partial charge in [-0.3, -0.25) is 4.79 Å². The molecule has 88 valence electrons.